The molecule has 0 aromatic carbocycles. The summed E-state index contributed by atoms with van der Waals surface area (Å²) < 4.78 is 32.3. The molecule has 29 heavy (non-hydrogen) atoms. The molecule has 0 unspecified atom stereocenters. The van der Waals surface area contributed by atoms with Gasteiger partial charge in [0.2, 0.25) is 10.0 Å². The van der Waals surface area contributed by atoms with Crippen LogP contribution in [0.25, 0.3) is 22.6 Å². The van der Waals surface area contributed by atoms with Gasteiger partial charge in [-0.3, -0.25) is 19.9 Å². The van der Waals surface area contributed by atoms with Crippen LogP contribution in [0.3, 0.4) is 0 Å². The van der Waals surface area contributed by atoms with Crippen LogP contribution in [0.15, 0.2) is 33.9 Å². The summed E-state index contributed by atoms with van der Waals surface area (Å²) >= 11 is 0.833. The molecule has 4 heterocycles. The number of aromatic nitrogens is 1. The Bertz CT molecular complexity index is 1210. The van der Waals surface area contributed by atoms with Gasteiger partial charge >= 0.3 is 0 Å². The Kier molecular flexibility index (Phi) is 4.37. The standard InChI is InChI=1S/C19H17N3O5S2/c23-18-16(28-19(24)21-18)8-13-7-12-9-20-10-15(17(12)27-13)11-3-5-22(6-4-11)29(25,26)14-1-2-14/h3,7-10,14H,1-2,4-6H2,(H,21,23,24)/b16-8-. The summed E-state index contributed by atoms with van der Waals surface area (Å²) in [5.74, 6) is 0.0155. The number of nitrogens with one attached hydrogen (secondary N) is 1. The van der Waals surface area contributed by atoms with Gasteiger partial charge in [0.15, 0.2) is 0 Å². The smallest absolute Gasteiger partial charge is 0.290 e. The Morgan fingerprint density at radius 2 is 2.10 bits per heavy atom. The van der Waals surface area contributed by atoms with Crippen LogP contribution < -0.4 is 5.32 Å². The highest BCUT2D eigenvalue weighted by Gasteiger charge is 2.40. The number of carbonyl (C=O) groups excluding carboxylic acids is 2. The van der Waals surface area contributed by atoms with Gasteiger partial charge in [0.1, 0.15) is 11.3 Å². The molecule has 8 nitrogen and oxygen atoms in total. The lowest BCUT2D eigenvalue weighted by Crippen LogP contribution is -2.36. The second-order valence-corrected chi connectivity index (χ2v) is 10.4. The molecule has 1 saturated heterocycles. The van der Waals surface area contributed by atoms with Crippen LogP contribution in [-0.2, 0) is 14.8 Å². The fourth-order valence-corrected chi connectivity index (χ4v) is 5.98. The van der Waals surface area contributed by atoms with E-state index in [4.69, 9.17) is 4.42 Å². The van der Waals surface area contributed by atoms with Crippen LogP contribution in [0.1, 0.15) is 30.6 Å². The third-order valence-corrected chi connectivity index (χ3v) is 8.36. The summed E-state index contributed by atoms with van der Waals surface area (Å²) in [5, 5.41) is 2.38. The van der Waals surface area contributed by atoms with E-state index in [0.717, 1.165) is 41.1 Å². The van der Waals surface area contributed by atoms with Gasteiger partial charge < -0.3 is 4.42 Å². The molecule has 2 amide bonds. The Morgan fingerprint density at radius 3 is 2.76 bits per heavy atom. The Hall–Kier alpha value is -2.43. The monoisotopic (exact) mass is 431 g/mol. The lowest BCUT2D eigenvalue weighted by atomic mass is 10.0. The first-order valence-corrected chi connectivity index (χ1v) is 11.5. The van der Waals surface area contributed by atoms with Crippen molar-refractivity contribution in [2.75, 3.05) is 13.1 Å². The molecular weight excluding hydrogens is 414 g/mol. The van der Waals surface area contributed by atoms with Gasteiger partial charge in [-0.15, -0.1) is 0 Å². The third-order valence-electron chi connectivity index (χ3n) is 5.18. The molecule has 5 rings (SSSR count). The highest BCUT2D eigenvalue weighted by atomic mass is 32.2. The molecule has 0 atom stereocenters. The van der Waals surface area contributed by atoms with Crippen molar-refractivity contribution >= 4 is 55.5 Å². The van der Waals surface area contributed by atoms with Gasteiger partial charge in [-0.05, 0) is 42.7 Å². The molecule has 2 aliphatic heterocycles. The molecule has 2 aromatic heterocycles. The van der Waals surface area contributed by atoms with Crippen LogP contribution in [-0.4, -0.2) is 47.2 Å². The second-order valence-electron chi connectivity index (χ2n) is 7.19. The summed E-state index contributed by atoms with van der Waals surface area (Å²) in [5.41, 5.74) is 2.43. The zero-order valence-corrected chi connectivity index (χ0v) is 16.9. The van der Waals surface area contributed by atoms with Crippen molar-refractivity contribution in [3.63, 3.8) is 0 Å². The van der Waals surface area contributed by atoms with E-state index in [0.29, 0.717) is 30.9 Å². The predicted molar refractivity (Wildman–Crippen MR) is 109 cm³/mol. The molecule has 1 aliphatic carbocycles. The number of furan rings is 1. The molecule has 3 aliphatic rings. The highest BCUT2D eigenvalue weighted by molar-refractivity contribution is 8.18. The average Bonchev–Trinajstić information content (AvgIpc) is 3.41. The zero-order valence-electron chi connectivity index (χ0n) is 15.3. The van der Waals surface area contributed by atoms with Crippen LogP contribution in [0.2, 0.25) is 0 Å². The molecule has 0 spiro atoms. The van der Waals surface area contributed by atoms with Crippen LogP contribution in [0.5, 0.6) is 0 Å². The summed E-state index contributed by atoms with van der Waals surface area (Å²) in [7, 11) is -3.18. The first-order chi connectivity index (χ1) is 13.9. The van der Waals surface area contributed by atoms with Crippen LogP contribution in [0.4, 0.5) is 4.79 Å². The minimum atomic E-state index is -3.18. The van der Waals surface area contributed by atoms with E-state index in [1.54, 1.807) is 22.8 Å². The topological polar surface area (TPSA) is 110 Å². The van der Waals surface area contributed by atoms with E-state index >= 15 is 0 Å². The van der Waals surface area contributed by atoms with E-state index in [-0.39, 0.29) is 10.2 Å². The predicted octanol–water partition coefficient (Wildman–Crippen LogP) is 2.73. The number of nitrogens with zero attached hydrogens (tertiary/aromatic N) is 2. The minimum absolute atomic E-state index is 0.208. The number of pyridine rings is 1. The van der Waals surface area contributed by atoms with Gasteiger partial charge in [-0.1, -0.05) is 6.08 Å². The first-order valence-electron chi connectivity index (χ1n) is 9.22. The number of imide groups is 1. The minimum Gasteiger partial charge on any atom is -0.456 e. The molecule has 10 heteroatoms. The van der Waals surface area contributed by atoms with Gasteiger partial charge in [-0.25, -0.2) is 8.42 Å². The Balaban J connectivity index is 1.45. The Labute approximate surface area is 171 Å². The molecule has 2 aromatic rings. The number of rotatable bonds is 4. The molecule has 150 valence electrons. The van der Waals surface area contributed by atoms with Crippen molar-refractivity contribution < 1.29 is 22.4 Å². The Morgan fingerprint density at radius 1 is 1.28 bits per heavy atom. The zero-order chi connectivity index (χ0) is 20.2. The maximum atomic E-state index is 12.4. The number of hydrogen-bond acceptors (Lipinski definition) is 7. The summed E-state index contributed by atoms with van der Waals surface area (Å²) in [4.78, 5) is 27.6. The number of fused-ring (bicyclic) bond motifs is 1. The van der Waals surface area contributed by atoms with Crippen LogP contribution >= 0.6 is 11.8 Å². The summed E-state index contributed by atoms with van der Waals surface area (Å²) in [6.07, 6.45) is 8.92. The fourth-order valence-electron chi connectivity index (χ4n) is 3.54. The molecule has 2 fully saturated rings. The first kappa shape index (κ1) is 18.6. The van der Waals surface area contributed by atoms with E-state index in [1.807, 2.05) is 6.08 Å². The van der Waals surface area contributed by atoms with Gasteiger partial charge in [0.25, 0.3) is 11.1 Å². The largest absolute Gasteiger partial charge is 0.456 e. The lowest BCUT2D eigenvalue weighted by Gasteiger charge is -2.25. The summed E-state index contributed by atoms with van der Waals surface area (Å²) in [6.45, 7) is 0.790. The molecule has 1 saturated carbocycles. The fraction of sp³-hybridized carbons (Fsp3) is 0.316. The number of hydrogen-bond donors (Lipinski definition) is 1. The average molecular weight is 431 g/mol. The second kappa shape index (κ2) is 6.82. The molecule has 0 bridgehead atoms. The molecule has 0 radical (unpaired) electrons. The third kappa shape index (κ3) is 3.41. The van der Waals surface area contributed by atoms with Crippen molar-refractivity contribution in [3.05, 3.63) is 40.8 Å². The summed E-state index contributed by atoms with van der Waals surface area (Å²) in [6, 6.07) is 1.77. The van der Waals surface area contributed by atoms with Gasteiger partial charge in [-0.2, -0.15) is 4.31 Å². The van der Waals surface area contributed by atoms with E-state index in [9.17, 15) is 18.0 Å². The van der Waals surface area contributed by atoms with Crippen molar-refractivity contribution in [3.8, 4) is 0 Å². The van der Waals surface area contributed by atoms with Crippen molar-refractivity contribution in [2.24, 2.45) is 0 Å². The maximum Gasteiger partial charge on any atom is 0.290 e. The highest BCUT2D eigenvalue weighted by Crippen LogP contribution is 2.35. The molecule has 1 N–H and O–H groups in total. The number of thioether (sulfide) groups is 1. The van der Waals surface area contributed by atoms with Crippen molar-refractivity contribution in [2.45, 2.75) is 24.5 Å². The van der Waals surface area contributed by atoms with E-state index < -0.39 is 21.2 Å². The SMILES string of the molecule is O=C1NC(=O)/C(=C/c2cc3cncc(C4=CCN(S(=O)(=O)C5CC5)CC4)c3o2)S1. The molecular formula is C19H17N3O5S2. The van der Waals surface area contributed by atoms with E-state index in [2.05, 4.69) is 10.3 Å². The van der Waals surface area contributed by atoms with Gasteiger partial charge in [0.05, 0.1) is 10.2 Å². The van der Waals surface area contributed by atoms with Crippen molar-refractivity contribution in [1.29, 1.82) is 0 Å². The number of amides is 2. The quantitative estimate of drug-likeness (QED) is 0.741. The number of carbonyl (C=O) groups is 2. The van der Waals surface area contributed by atoms with Crippen LogP contribution in [0, 0.1) is 0 Å². The number of sulfonamides is 1. The van der Waals surface area contributed by atoms with Crippen molar-refractivity contribution in [1.82, 2.24) is 14.6 Å². The lowest BCUT2D eigenvalue weighted by molar-refractivity contribution is -0.115. The van der Waals surface area contributed by atoms with E-state index in [1.165, 1.54) is 6.08 Å². The maximum absolute atomic E-state index is 12.4. The normalized spacial score (nSPS) is 22.3. The van der Waals surface area contributed by atoms with Gasteiger partial charge in [0, 0.05) is 42.5 Å².